The second-order valence-electron chi connectivity index (χ2n) is 6.26. The molecule has 0 aliphatic carbocycles. The first-order valence-corrected chi connectivity index (χ1v) is 8.45. The number of phenolic OH excluding ortho intramolecular Hbond substituents is 3. The Balaban J connectivity index is 2.10. The van der Waals surface area contributed by atoms with E-state index in [0.29, 0.717) is 17.6 Å². The highest BCUT2D eigenvalue weighted by Crippen LogP contribution is 2.50. The Kier molecular flexibility index (Phi) is 4.80. The van der Waals surface area contributed by atoms with Crippen LogP contribution in [0, 0.1) is 0 Å². The number of allylic oxidation sites excluding steroid dienone is 2. The quantitative estimate of drug-likeness (QED) is 0.576. The average Bonchev–Trinajstić information content (AvgIpc) is 2.62. The average molecular weight is 358 g/mol. The van der Waals surface area contributed by atoms with Crippen LogP contribution in [0.3, 0.4) is 0 Å². The lowest BCUT2D eigenvalue weighted by molar-refractivity contribution is -0.0710. The zero-order chi connectivity index (χ0) is 19.0. The Morgan fingerprint density at radius 2 is 1.77 bits per heavy atom. The van der Waals surface area contributed by atoms with Crippen LogP contribution in [0.1, 0.15) is 49.2 Å². The third kappa shape index (κ3) is 2.87. The zero-order valence-corrected chi connectivity index (χ0v) is 14.5. The second-order valence-corrected chi connectivity index (χ2v) is 6.26. The molecular weight excluding hydrogens is 336 g/mol. The fourth-order valence-corrected chi connectivity index (χ4v) is 3.34. The Labute approximate surface area is 151 Å². The number of ether oxygens (including phenoxy) is 1. The molecular formula is C20H22O6. The molecule has 2 aromatic rings. The minimum Gasteiger partial charge on any atom is -0.508 e. The van der Waals surface area contributed by atoms with E-state index in [0.717, 1.165) is 0 Å². The zero-order valence-electron chi connectivity index (χ0n) is 14.5. The van der Waals surface area contributed by atoms with E-state index in [2.05, 4.69) is 0 Å². The summed E-state index contributed by atoms with van der Waals surface area (Å²) >= 11 is 0. The lowest BCUT2D eigenvalue weighted by Crippen LogP contribution is -2.34. The number of benzene rings is 2. The molecule has 0 bridgehead atoms. The van der Waals surface area contributed by atoms with Crippen molar-refractivity contribution < 1.29 is 30.3 Å². The summed E-state index contributed by atoms with van der Waals surface area (Å²) in [6.45, 7) is 3.68. The summed E-state index contributed by atoms with van der Waals surface area (Å²) in [5, 5.41) is 51.5. The van der Waals surface area contributed by atoms with Crippen molar-refractivity contribution >= 4 is 5.57 Å². The number of hydrogen-bond donors (Lipinski definition) is 5. The summed E-state index contributed by atoms with van der Waals surface area (Å²) in [6.07, 6.45) is -1.29. The van der Waals surface area contributed by atoms with Crippen LogP contribution in [0.25, 0.3) is 5.57 Å². The van der Waals surface area contributed by atoms with Gasteiger partial charge in [-0.1, -0.05) is 25.1 Å². The Morgan fingerprint density at radius 3 is 2.35 bits per heavy atom. The number of aliphatic hydroxyl groups is 2. The van der Waals surface area contributed by atoms with E-state index in [1.807, 2.05) is 6.92 Å². The molecule has 0 spiro atoms. The molecule has 1 aliphatic rings. The molecule has 0 fully saturated rings. The lowest BCUT2D eigenvalue weighted by atomic mass is 9.88. The molecule has 0 unspecified atom stereocenters. The van der Waals surface area contributed by atoms with Gasteiger partial charge in [0.2, 0.25) is 0 Å². The number of aromatic hydroxyl groups is 3. The first kappa shape index (κ1) is 18.1. The maximum Gasteiger partial charge on any atom is 0.152 e. The van der Waals surface area contributed by atoms with Crippen molar-refractivity contribution in [3.8, 4) is 23.0 Å². The molecule has 0 saturated carbocycles. The van der Waals surface area contributed by atoms with Crippen molar-refractivity contribution in [2.24, 2.45) is 0 Å². The van der Waals surface area contributed by atoms with Crippen molar-refractivity contribution in [2.45, 2.75) is 38.6 Å². The van der Waals surface area contributed by atoms with Gasteiger partial charge in [-0.2, -0.15) is 0 Å². The predicted molar refractivity (Wildman–Crippen MR) is 96.2 cm³/mol. The Hall–Kier alpha value is -2.70. The van der Waals surface area contributed by atoms with Gasteiger partial charge in [0.1, 0.15) is 35.2 Å². The van der Waals surface area contributed by atoms with E-state index in [1.165, 1.54) is 18.2 Å². The minimum absolute atomic E-state index is 0.0492. The molecule has 0 amide bonds. The normalized spacial score (nSPS) is 22.6. The summed E-state index contributed by atoms with van der Waals surface area (Å²) in [7, 11) is 0. The standard InChI is InChI=1S/C20H22O6/c1-3-10(4-2)15-13(22)9-14-16(17(15)23)18(24)19(25)20(26-14)11-5-7-12(21)8-6-11/h3,5-9,18-25H,4H2,1-2H3/t18-,19+,20-/m0/s1. The molecule has 0 saturated heterocycles. The van der Waals surface area contributed by atoms with Gasteiger partial charge < -0.3 is 30.3 Å². The molecule has 5 N–H and O–H groups in total. The number of hydrogen-bond acceptors (Lipinski definition) is 6. The van der Waals surface area contributed by atoms with Gasteiger partial charge in [0.25, 0.3) is 0 Å². The highest BCUT2D eigenvalue weighted by Gasteiger charge is 2.40. The van der Waals surface area contributed by atoms with Gasteiger partial charge in [0, 0.05) is 6.07 Å². The molecule has 1 aliphatic heterocycles. The first-order valence-electron chi connectivity index (χ1n) is 8.45. The predicted octanol–water partition coefficient (Wildman–Crippen LogP) is 3.14. The SMILES string of the molecule is CC=C(CC)c1c(O)cc2c(c1O)[C@H](O)[C@@H](O)[C@H](c1ccc(O)cc1)O2. The molecule has 3 rings (SSSR count). The van der Waals surface area contributed by atoms with Gasteiger partial charge in [0.05, 0.1) is 11.1 Å². The largest absolute Gasteiger partial charge is 0.508 e. The summed E-state index contributed by atoms with van der Waals surface area (Å²) in [4.78, 5) is 0. The number of fused-ring (bicyclic) bond motifs is 1. The highest BCUT2D eigenvalue weighted by atomic mass is 16.5. The maximum absolute atomic E-state index is 10.6. The third-order valence-corrected chi connectivity index (χ3v) is 4.74. The Bertz CT molecular complexity index is 840. The molecule has 6 heteroatoms. The van der Waals surface area contributed by atoms with Crippen LogP contribution in [-0.2, 0) is 0 Å². The van der Waals surface area contributed by atoms with Crippen LogP contribution < -0.4 is 4.74 Å². The molecule has 26 heavy (non-hydrogen) atoms. The minimum atomic E-state index is -1.40. The van der Waals surface area contributed by atoms with Crippen LogP contribution in [0.5, 0.6) is 23.0 Å². The van der Waals surface area contributed by atoms with E-state index >= 15 is 0 Å². The smallest absolute Gasteiger partial charge is 0.152 e. The molecule has 3 atom stereocenters. The molecule has 2 aromatic carbocycles. The number of aliphatic hydroxyl groups excluding tert-OH is 2. The fraction of sp³-hybridized carbons (Fsp3) is 0.300. The van der Waals surface area contributed by atoms with Crippen LogP contribution >= 0.6 is 0 Å². The Morgan fingerprint density at radius 1 is 1.12 bits per heavy atom. The highest BCUT2D eigenvalue weighted by molar-refractivity contribution is 5.78. The van der Waals surface area contributed by atoms with E-state index in [9.17, 15) is 25.5 Å². The van der Waals surface area contributed by atoms with Crippen LogP contribution in [0.15, 0.2) is 36.4 Å². The van der Waals surface area contributed by atoms with Crippen molar-refractivity contribution in [3.63, 3.8) is 0 Å². The van der Waals surface area contributed by atoms with E-state index in [-0.39, 0.29) is 34.1 Å². The first-order chi connectivity index (χ1) is 12.4. The molecule has 1 heterocycles. The summed E-state index contributed by atoms with van der Waals surface area (Å²) < 4.78 is 5.77. The van der Waals surface area contributed by atoms with Gasteiger partial charge in [-0.05, 0) is 36.6 Å². The monoisotopic (exact) mass is 358 g/mol. The molecule has 0 aromatic heterocycles. The van der Waals surface area contributed by atoms with Crippen molar-refractivity contribution in [3.05, 3.63) is 53.1 Å². The van der Waals surface area contributed by atoms with Gasteiger partial charge in [-0.3, -0.25) is 0 Å². The van der Waals surface area contributed by atoms with Gasteiger partial charge in [-0.15, -0.1) is 0 Å². The van der Waals surface area contributed by atoms with Crippen LogP contribution in [0.2, 0.25) is 0 Å². The number of phenols is 3. The maximum atomic E-state index is 10.6. The van der Waals surface area contributed by atoms with E-state index in [4.69, 9.17) is 4.74 Å². The van der Waals surface area contributed by atoms with E-state index < -0.39 is 18.3 Å². The van der Waals surface area contributed by atoms with Crippen molar-refractivity contribution in [2.75, 3.05) is 0 Å². The van der Waals surface area contributed by atoms with Gasteiger partial charge in [0.15, 0.2) is 6.10 Å². The van der Waals surface area contributed by atoms with Crippen LogP contribution in [-0.4, -0.2) is 31.6 Å². The fourth-order valence-electron chi connectivity index (χ4n) is 3.34. The molecule has 138 valence electrons. The molecule has 6 nitrogen and oxygen atoms in total. The summed E-state index contributed by atoms with van der Waals surface area (Å²) in [5.41, 5.74) is 1.54. The van der Waals surface area contributed by atoms with Gasteiger partial charge in [-0.25, -0.2) is 0 Å². The van der Waals surface area contributed by atoms with Crippen molar-refractivity contribution in [1.29, 1.82) is 0 Å². The number of rotatable bonds is 3. The third-order valence-electron chi connectivity index (χ3n) is 4.74. The second kappa shape index (κ2) is 6.90. The summed E-state index contributed by atoms with van der Waals surface area (Å²) in [5.74, 6) is -0.292. The van der Waals surface area contributed by atoms with Gasteiger partial charge >= 0.3 is 0 Å². The van der Waals surface area contributed by atoms with E-state index in [1.54, 1.807) is 25.1 Å². The lowest BCUT2D eigenvalue weighted by Gasteiger charge is -2.35. The topological polar surface area (TPSA) is 110 Å². The summed E-state index contributed by atoms with van der Waals surface area (Å²) in [6, 6.07) is 7.38. The molecule has 0 radical (unpaired) electrons. The van der Waals surface area contributed by atoms with Crippen molar-refractivity contribution in [1.82, 2.24) is 0 Å². The van der Waals surface area contributed by atoms with Crippen LogP contribution in [0.4, 0.5) is 0 Å².